The zero-order valence-electron chi connectivity index (χ0n) is 13.0. The Morgan fingerprint density at radius 2 is 2.18 bits per heavy atom. The number of likely N-dealkylation sites (tertiary alicyclic amines) is 1. The van der Waals surface area contributed by atoms with Crippen LogP contribution in [0.1, 0.15) is 24.8 Å². The summed E-state index contributed by atoms with van der Waals surface area (Å²) in [5, 5.41) is 16.5. The third-order valence-electron chi connectivity index (χ3n) is 4.43. The van der Waals surface area contributed by atoms with Crippen molar-refractivity contribution in [3.63, 3.8) is 0 Å². The van der Waals surface area contributed by atoms with Crippen LogP contribution in [0.25, 0.3) is 11.3 Å². The average molecular weight is 301 g/mol. The Morgan fingerprint density at radius 3 is 2.91 bits per heavy atom. The third-order valence-corrected chi connectivity index (χ3v) is 4.43. The van der Waals surface area contributed by atoms with Crippen LogP contribution in [0.5, 0.6) is 5.75 Å². The number of H-pyrrole nitrogens is 1. The Morgan fingerprint density at radius 1 is 1.36 bits per heavy atom. The number of nitrogens with zero attached hydrogens (tertiary/aromatic N) is 2. The summed E-state index contributed by atoms with van der Waals surface area (Å²) in [4.78, 5) is 2.45. The van der Waals surface area contributed by atoms with E-state index in [4.69, 9.17) is 4.74 Å². The molecule has 2 heterocycles. The lowest BCUT2D eigenvalue weighted by atomic mass is 10.1. The topological polar surface area (TPSA) is 61.4 Å². The van der Waals surface area contributed by atoms with Gasteiger partial charge in [0.15, 0.2) is 0 Å². The van der Waals surface area contributed by atoms with Gasteiger partial charge in [-0.1, -0.05) is 0 Å². The Bertz CT molecular complexity index is 594. The molecule has 1 aliphatic rings. The van der Waals surface area contributed by atoms with Gasteiger partial charge in [-0.3, -0.25) is 10.00 Å². The van der Waals surface area contributed by atoms with E-state index in [9.17, 15) is 5.11 Å². The van der Waals surface area contributed by atoms with Gasteiger partial charge >= 0.3 is 0 Å². The predicted octanol–water partition coefficient (Wildman–Crippen LogP) is 2.43. The lowest BCUT2D eigenvalue weighted by molar-refractivity contribution is 0.190. The van der Waals surface area contributed by atoms with Gasteiger partial charge < -0.3 is 9.84 Å². The van der Waals surface area contributed by atoms with E-state index >= 15 is 0 Å². The minimum absolute atomic E-state index is 0.262. The highest BCUT2D eigenvalue weighted by molar-refractivity contribution is 5.63. The Labute approximate surface area is 130 Å². The van der Waals surface area contributed by atoms with E-state index in [1.165, 1.54) is 18.4 Å². The fourth-order valence-electron chi connectivity index (χ4n) is 3.24. The van der Waals surface area contributed by atoms with Crippen LogP contribution in [0.2, 0.25) is 0 Å². The van der Waals surface area contributed by atoms with Gasteiger partial charge in [0.05, 0.1) is 19.0 Å². The largest absolute Gasteiger partial charge is 0.497 e. The number of aliphatic hydroxyl groups excluding tert-OH is 1. The van der Waals surface area contributed by atoms with E-state index in [0.717, 1.165) is 36.5 Å². The van der Waals surface area contributed by atoms with Gasteiger partial charge in [-0.05, 0) is 50.1 Å². The molecule has 2 N–H and O–H groups in total. The fraction of sp³-hybridized carbons (Fsp3) is 0.471. The summed E-state index contributed by atoms with van der Waals surface area (Å²) in [7, 11) is 1.67. The van der Waals surface area contributed by atoms with Crippen molar-refractivity contribution in [2.75, 3.05) is 20.3 Å². The standard InChI is InChI=1S/C17H23N3O2/c1-22-16-6-4-13(5-7-16)17-14(11-18-19-17)12-20-9-2-3-15(20)8-10-21/h4-7,11,15,21H,2-3,8-10,12H2,1H3,(H,18,19)/t15-/m0/s1. The summed E-state index contributed by atoms with van der Waals surface area (Å²) in [5.74, 6) is 0.854. The first-order valence-electron chi connectivity index (χ1n) is 7.83. The number of methoxy groups -OCH3 is 1. The molecular weight excluding hydrogens is 278 g/mol. The van der Waals surface area contributed by atoms with Gasteiger partial charge in [0, 0.05) is 30.3 Å². The summed E-state index contributed by atoms with van der Waals surface area (Å²) in [6.07, 6.45) is 5.15. The van der Waals surface area contributed by atoms with Crippen molar-refractivity contribution >= 4 is 0 Å². The quantitative estimate of drug-likeness (QED) is 0.860. The van der Waals surface area contributed by atoms with Crippen LogP contribution >= 0.6 is 0 Å². The number of aliphatic hydroxyl groups is 1. The van der Waals surface area contributed by atoms with Gasteiger partial charge in [-0.2, -0.15) is 5.10 Å². The average Bonchev–Trinajstić information content (AvgIpc) is 3.18. The lowest BCUT2D eigenvalue weighted by Gasteiger charge is -2.23. The number of hydrogen-bond acceptors (Lipinski definition) is 4. The predicted molar refractivity (Wildman–Crippen MR) is 85.7 cm³/mol. The van der Waals surface area contributed by atoms with Gasteiger partial charge in [0.2, 0.25) is 0 Å². The zero-order valence-corrected chi connectivity index (χ0v) is 13.0. The molecule has 22 heavy (non-hydrogen) atoms. The maximum Gasteiger partial charge on any atom is 0.118 e. The molecule has 1 saturated heterocycles. The van der Waals surface area contributed by atoms with Crippen molar-refractivity contribution < 1.29 is 9.84 Å². The van der Waals surface area contributed by atoms with Gasteiger partial charge in [-0.15, -0.1) is 0 Å². The maximum absolute atomic E-state index is 9.20. The zero-order chi connectivity index (χ0) is 15.4. The molecule has 1 aliphatic heterocycles. The number of ether oxygens (including phenoxy) is 1. The molecule has 118 valence electrons. The normalized spacial score (nSPS) is 18.7. The number of rotatable bonds is 6. The van der Waals surface area contributed by atoms with Crippen LogP contribution in [0, 0.1) is 0 Å². The number of nitrogens with one attached hydrogen (secondary N) is 1. The van der Waals surface area contributed by atoms with Crippen molar-refractivity contribution in [3.05, 3.63) is 36.0 Å². The Hall–Kier alpha value is -1.85. The SMILES string of the molecule is COc1ccc(-c2[nH]ncc2CN2CCC[C@H]2CCO)cc1. The molecule has 0 amide bonds. The highest BCUT2D eigenvalue weighted by atomic mass is 16.5. The summed E-state index contributed by atoms with van der Waals surface area (Å²) in [6, 6.07) is 8.51. The number of aromatic amines is 1. The van der Waals surface area contributed by atoms with E-state index in [1.54, 1.807) is 7.11 Å². The third kappa shape index (κ3) is 3.15. The first-order valence-corrected chi connectivity index (χ1v) is 7.83. The molecule has 5 heteroatoms. The smallest absolute Gasteiger partial charge is 0.118 e. The Balaban J connectivity index is 1.76. The van der Waals surface area contributed by atoms with Crippen LogP contribution in [0.3, 0.4) is 0 Å². The molecule has 1 fully saturated rings. The second kappa shape index (κ2) is 6.94. The molecule has 0 saturated carbocycles. The first-order chi connectivity index (χ1) is 10.8. The number of benzene rings is 1. The Kier molecular flexibility index (Phi) is 4.75. The molecule has 0 bridgehead atoms. The van der Waals surface area contributed by atoms with E-state index in [0.29, 0.717) is 6.04 Å². The highest BCUT2D eigenvalue weighted by Gasteiger charge is 2.25. The van der Waals surface area contributed by atoms with E-state index in [1.807, 2.05) is 30.5 Å². The molecule has 0 radical (unpaired) electrons. The van der Waals surface area contributed by atoms with Crippen LogP contribution < -0.4 is 4.74 Å². The second-order valence-electron chi connectivity index (χ2n) is 5.78. The first kappa shape index (κ1) is 15.1. The van der Waals surface area contributed by atoms with E-state index < -0.39 is 0 Å². The van der Waals surface area contributed by atoms with Crippen LogP contribution in [0.15, 0.2) is 30.5 Å². The van der Waals surface area contributed by atoms with E-state index in [2.05, 4.69) is 15.1 Å². The van der Waals surface area contributed by atoms with Crippen LogP contribution in [-0.4, -0.2) is 46.5 Å². The number of aromatic nitrogens is 2. The second-order valence-corrected chi connectivity index (χ2v) is 5.78. The monoisotopic (exact) mass is 301 g/mol. The minimum atomic E-state index is 0.262. The fourth-order valence-corrected chi connectivity index (χ4v) is 3.24. The van der Waals surface area contributed by atoms with Crippen LogP contribution in [0.4, 0.5) is 0 Å². The molecule has 0 aliphatic carbocycles. The van der Waals surface area contributed by atoms with Crippen molar-refractivity contribution in [3.8, 4) is 17.0 Å². The summed E-state index contributed by atoms with van der Waals surface area (Å²) in [6.45, 7) is 2.23. The molecule has 0 spiro atoms. The maximum atomic E-state index is 9.20. The molecule has 1 aromatic heterocycles. The van der Waals surface area contributed by atoms with Gasteiger partial charge in [0.1, 0.15) is 5.75 Å². The molecule has 3 rings (SSSR count). The minimum Gasteiger partial charge on any atom is -0.497 e. The summed E-state index contributed by atoms with van der Waals surface area (Å²) in [5.41, 5.74) is 3.39. The number of hydrogen-bond donors (Lipinski definition) is 2. The lowest BCUT2D eigenvalue weighted by Crippen LogP contribution is -2.29. The van der Waals surface area contributed by atoms with Crippen molar-refractivity contribution in [2.45, 2.75) is 31.8 Å². The summed E-state index contributed by atoms with van der Waals surface area (Å²) >= 11 is 0. The van der Waals surface area contributed by atoms with Crippen molar-refractivity contribution in [1.82, 2.24) is 15.1 Å². The van der Waals surface area contributed by atoms with Crippen molar-refractivity contribution in [2.24, 2.45) is 0 Å². The molecule has 5 nitrogen and oxygen atoms in total. The molecule has 2 aromatic rings. The van der Waals surface area contributed by atoms with Crippen molar-refractivity contribution in [1.29, 1.82) is 0 Å². The molecular formula is C17H23N3O2. The summed E-state index contributed by atoms with van der Waals surface area (Å²) < 4.78 is 5.21. The molecule has 1 atom stereocenters. The molecule has 0 unspecified atom stereocenters. The van der Waals surface area contributed by atoms with E-state index in [-0.39, 0.29) is 6.61 Å². The highest BCUT2D eigenvalue weighted by Crippen LogP contribution is 2.27. The van der Waals surface area contributed by atoms with Crippen LogP contribution in [-0.2, 0) is 6.54 Å². The van der Waals surface area contributed by atoms with Gasteiger partial charge in [-0.25, -0.2) is 0 Å². The molecule has 1 aromatic carbocycles. The van der Waals surface area contributed by atoms with Gasteiger partial charge in [0.25, 0.3) is 0 Å².